The van der Waals surface area contributed by atoms with Crippen molar-refractivity contribution in [3.05, 3.63) is 45.3 Å². The fourth-order valence-corrected chi connectivity index (χ4v) is 4.58. The van der Waals surface area contributed by atoms with Gasteiger partial charge in [-0.25, -0.2) is 4.79 Å². The summed E-state index contributed by atoms with van der Waals surface area (Å²) in [6, 6.07) is 0. The van der Waals surface area contributed by atoms with Crippen LogP contribution in [0.25, 0.3) is 0 Å². The summed E-state index contributed by atoms with van der Waals surface area (Å²) in [5.41, 5.74) is -0.859. The van der Waals surface area contributed by atoms with Crippen LogP contribution in [0.15, 0.2) is 28.4 Å². The van der Waals surface area contributed by atoms with Gasteiger partial charge in [0.1, 0.15) is 18.3 Å². The van der Waals surface area contributed by atoms with Crippen molar-refractivity contribution in [1.29, 1.82) is 0 Å². The van der Waals surface area contributed by atoms with Gasteiger partial charge in [-0.2, -0.15) is 0 Å². The van der Waals surface area contributed by atoms with Crippen LogP contribution in [0.3, 0.4) is 0 Å². The van der Waals surface area contributed by atoms with Crippen LogP contribution in [0.2, 0.25) is 0 Å². The number of aliphatic hydroxyl groups excluding tert-OH is 1. The van der Waals surface area contributed by atoms with E-state index in [-0.39, 0.29) is 13.2 Å². The van der Waals surface area contributed by atoms with Crippen molar-refractivity contribution >= 4 is 18.5 Å². The number of nitrogens with zero attached hydrogens (tertiary/aromatic N) is 1. The Hall–Kier alpha value is -1.13. The van der Waals surface area contributed by atoms with Gasteiger partial charge in [-0.15, -0.1) is 6.58 Å². The number of aryl methyl sites for hydroxylation is 1. The normalized spacial score (nSPS) is 35.6. The molecule has 1 aromatic rings. The summed E-state index contributed by atoms with van der Waals surface area (Å²) in [6.07, 6.45) is -0.743. The van der Waals surface area contributed by atoms with Crippen molar-refractivity contribution in [1.82, 2.24) is 9.55 Å². The highest BCUT2D eigenvalue weighted by molar-refractivity contribution is 8.07. The molecular weight excluding hydrogens is 359 g/mol. The Morgan fingerprint density at radius 1 is 1.62 bits per heavy atom. The molecule has 0 spiro atoms. The number of H-pyrrole nitrogens is 1. The van der Waals surface area contributed by atoms with Crippen LogP contribution in [-0.4, -0.2) is 46.2 Å². The van der Waals surface area contributed by atoms with E-state index in [1.807, 2.05) is 0 Å². The van der Waals surface area contributed by atoms with Gasteiger partial charge in [-0.05, 0) is 18.7 Å². The van der Waals surface area contributed by atoms with Gasteiger partial charge >= 0.3 is 12.4 Å². The predicted molar refractivity (Wildman–Crippen MR) is 87.2 cm³/mol. The topological polar surface area (TPSA) is 112 Å². The minimum atomic E-state index is -3.01. The zero-order valence-corrected chi connectivity index (χ0v) is 14.5. The largest absolute Gasteiger partial charge is 0.386 e. The van der Waals surface area contributed by atoms with Crippen LogP contribution in [0.1, 0.15) is 11.8 Å². The molecule has 2 saturated heterocycles. The van der Waals surface area contributed by atoms with Gasteiger partial charge in [0.2, 0.25) is 0 Å². The van der Waals surface area contributed by atoms with Crippen molar-refractivity contribution in [2.24, 2.45) is 0 Å². The second-order valence-corrected chi connectivity index (χ2v) is 8.40. The van der Waals surface area contributed by atoms with Crippen LogP contribution in [0, 0.1) is 6.92 Å². The SMILES string of the molecule is C=CCOP1(=S)OC[C@H]2O[C@@H](n3cc(C)c(=O)[nH]c3=O)C(O)C2O1. The maximum absolute atomic E-state index is 12.0. The number of aliphatic hydroxyl groups is 1. The number of rotatable bonds is 4. The lowest BCUT2D eigenvalue weighted by atomic mass is 10.1. The molecule has 0 aliphatic carbocycles. The van der Waals surface area contributed by atoms with Crippen molar-refractivity contribution in [2.45, 2.75) is 31.5 Å². The minimum absolute atomic E-state index is 0.0731. The summed E-state index contributed by atoms with van der Waals surface area (Å²) < 4.78 is 23.2. The van der Waals surface area contributed by atoms with Crippen LogP contribution >= 0.6 is 6.72 Å². The Labute approximate surface area is 142 Å². The Morgan fingerprint density at radius 2 is 2.38 bits per heavy atom. The monoisotopic (exact) mass is 376 g/mol. The molecule has 2 N–H and O–H groups in total. The third-order valence-electron chi connectivity index (χ3n) is 3.73. The number of aromatic amines is 1. The third-order valence-corrected chi connectivity index (χ3v) is 6.05. The minimum Gasteiger partial charge on any atom is -0.386 e. The highest BCUT2D eigenvalue weighted by atomic mass is 32.5. The molecule has 0 saturated carbocycles. The van der Waals surface area contributed by atoms with Gasteiger partial charge in [-0.1, -0.05) is 6.08 Å². The first-order valence-corrected chi connectivity index (χ1v) is 9.74. The molecule has 9 nitrogen and oxygen atoms in total. The average Bonchev–Trinajstić information content (AvgIpc) is 2.85. The second-order valence-electron chi connectivity index (χ2n) is 5.43. The van der Waals surface area contributed by atoms with Gasteiger partial charge in [-0.3, -0.25) is 18.9 Å². The quantitative estimate of drug-likeness (QED) is 0.556. The average molecular weight is 376 g/mol. The molecule has 2 aliphatic heterocycles. The molecule has 1 aromatic heterocycles. The Bertz CT molecular complexity index is 806. The van der Waals surface area contributed by atoms with E-state index in [0.29, 0.717) is 5.56 Å². The van der Waals surface area contributed by atoms with Gasteiger partial charge in [0, 0.05) is 11.8 Å². The summed E-state index contributed by atoms with van der Waals surface area (Å²) in [4.78, 5) is 25.6. The number of nitrogens with one attached hydrogen (secondary N) is 1. The predicted octanol–water partition coefficient (Wildman–Crippen LogP) is -0.0542. The fraction of sp³-hybridized carbons (Fsp3) is 0.538. The highest BCUT2D eigenvalue weighted by Gasteiger charge is 2.51. The van der Waals surface area contributed by atoms with Crippen LogP contribution in [0.5, 0.6) is 0 Å². The van der Waals surface area contributed by atoms with Crippen molar-refractivity contribution in [2.75, 3.05) is 13.2 Å². The zero-order chi connectivity index (χ0) is 17.5. The lowest BCUT2D eigenvalue weighted by Crippen LogP contribution is -2.41. The van der Waals surface area contributed by atoms with E-state index in [0.717, 1.165) is 4.57 Å². The first-order valence-electron chi connectivity index (χ1n) is 7.18. The number of fused-ring (bicyclic) bond motifs is 1. The molecule has 0 bridgehead atoms. The molecular formula is C13H17N2O7PS. The van der Waals surface area contributed by atoms with Crippen molar-refractivity contribution < 1.29 is 23.4 Å². The van der Waals surface area contributed by atoms with E-state index in [1.165, 1.54) is 12.3 Å². The van der Waals surface area contributed by atoms with Crippen LogP contribution in [-0.2, 0) is 30.1 Å². The van der Waals surface area contributed by atoms with Gasteiger partial charge in [0.25, 0.3) is 5.56 Å². The first-order chi connectivity index (χ1) is 11.3. The lowest BCUT2D eigenvalue weighted by molar-refractivity contribution is -0.0639. The summed E-state index contributed by atoms with van der Waals surface area (Å²) in [6.45, 7) is 2.30. The second kappa shape index (κ2) is 6.64. The summed E-state index contributed by atoms with van der Waals surface area (Å²) in [7, 11) is 0. The van der Waals surface area contributed by atoms with Gasteiger partial charge in [0.05, 0.1) is 13.2 Å². The Balaban J connectivity index is 1.85. The molecule has 3 rings (SSSR count). The highest BCUT2D eigenvalue weighted by Crippen LogP contribution is 2.56. The Morgan fingerprint density at radius 3 is 3.08 bits per heavy atom. The van der Waals surface area contributed by atoms with Crippen LogP contribution < -0.4 is 11.2 Å². The number of hydrogen-bond donors (Lipinski definition) is 2. The maximum atomic E-state index is 12.0. The molecule has 5 atom stereocenters. The molecule has 0 radical (unpaired) electrons. The van der Waals surface area contributed by atoms with Crippen molar-refractivity contribution in [3.63, 3.8) is 0 Å². The molecule has 3 heterocycles. The van der Waals surface area contributed by atoms with E-state index in [4.69, 9.17) is 30.1 Å². The maximum Gasteiger partial charge on any atom is 0.330 e. The Kier molecular flexibility index (Phi) is 4.89. The van der Waals surface area contributed by atoms with E-state index >= 15 is 0 Å². The van der Waals surface area contributed by atoms with E-state index in [2.05, 4.69) is 11.6 Å². The van der Waals surface area contributed by atoms with Crippen LogP contribution in [0.4, 0.5) is 0 Å². The van der Waals surface area contributed by atoms with E-state index in [1.54, 1.807) is 6.92 Å². The number of hydrogen-bond acceptors (Lipinski definition) is 8. The van der Waals surface area contributed by atoms with Gasteiger partial charge in [0.15, 0.2) is 6.23 Å². The zero-order valence-electron chi connectivity index (χ0n) is 12.8. The summed E-state index contributed by atoms with van der Waals surface area (Å²) in [5.74, 6) is 0. The van der Waals surface area contributed by atoms with Crippen molar-refractivity contribution in [3.8, 4) is 0 Å². The standard InChI is InChI=1S/C13H17N2O7PS/c1-3-4-19-23(24)20-6-8-10(22-23)9(16)12(21-8)15-5-7(2)11(17)14-13(15)18/h3,5,8-10,12,16H,1,4,6H2,2H3,(H,14,17,18)/t8-,9?,10?,12-,23?/m1/s1. The molecule has 0 aromatic carbocycles. The smallest absolute Gasteiger partial charge is 0.330 e. The first kappa shape index (κ1) is 17.7. The number of aromatic nitrogens is 2. The molecule has 132 valence electrons. The number of ether oxygens (including phenoxy) is 1. The van der Waals surface area contributed by atoms with E-state index < -0.39 is 42.5 Å². The third kappa shape index (κ3) is 3.18. The molecule has 2 aliphatic rings. The molecule has 0 amide bonds. The summed E-state index contributed by atoms with van der Waals surface area (Å²) in [5, 5.41) is 10.5. The molecule has 11 heteroatoms. The lowest BCUT2D eigenvalue weighted by Gasteiger charge is -2.33. The van der Waals surface area contributed by atoms with E-state index in [9.17, 15) is 14.7 Å². The molecule has 24 heavy (non-hydrogen) atoms. The fourth-order valence-electron chi connectivity index (χ4n) is 2.54. The molecule has 2 fully saturated rings. The van der Waals surface area contributed by atoms with Gasteiger partial charge < -0.3 is 18.9 Å². The molecule has 3 unspecified atom stereocenters. The summed E-state index contributed by atoms with van der Waals surface area (Å²) >= 11 is 5.23.